The third kappa shape index (κ3) is 2.31. The van der Waals surface area contributed by atoms with Crippen LogP contribution in [-0.4, -0.2) is 59.3 Å². The van der Waals surface area contributed by atoms with Gasteiger partial charge in [-0.15, -0.1) is 0 Å². The summed E-state index contributed by atoms with van der Waals surface area (Å²) in [5.41, 5.74) is 0.277. The minimum atomic E-state index is -0.727. The highest BCUT2D eigenvalue weighted by Crippen LogP contribution is 2.60. The quantitative estimate of drug-likeness (QED) is 0.321. The lowest BCUT2D eigenvalue weighted by atomic mass is 9.78. The van der Waals surface area contributed by atoms with Crippen LogP contribution < -0.4 is 0 Å². The first-order chi connectivity index (χ1) is 12.3. The Balaban J connectivity index is 1.70. The smallest absolute Gasteiger partial charge is 0.336 e. The molecule has 2 heterocycles. The van der Waals surface area contributed by atoms with Crippen molar-refractivity contribution >= 4 is 11.9 Å². The van der Waals surface area contributed by atoms with Gasteiger partial charge in [0.1, 0.15) is 17.8 Å². The number of aliphatic hydroxyl groups excluding tert-OH is 2. The second kappa shape index (κ2) is 5.77. The van der Waals surface area contributed by atoms with Crippen molar-refractivity contribution in [3.63, 3.8) is 0 Å². The highest BCUT2D eigenvalue weighted by molar-refractivity contribution is 5.92. The van der Waals surface area contributed by atoms with Gasteiger partial charge in [-0.25, -0.2) is 9.59 Å². The van der Waals surface area contributed by atoms with Crippen molar-refractivity contribution in [3.05, 3.63) is 36.5 Å². The van der Waals surface area contributed by atoms with Crippen LogP contribution in [0.2, 0.25) is 0 Å². The zero-order valence-electron chi connectivity index (χ0n) is 14.3. The number of rotatable bonds is 3. The van der Waals surface area contributed by atoms with Crippen LogP contribution in [0.3, 0.4) is 0 Å². The Kier molecular flexibility index (Phi) is 3.87. The van der Waals surface area contributed by atoms with E-state index in [2.05, 4.69) is 19.7 Å². The Labute approximate surface area is 150 Å². The minimum absolute atomic E-state index is 0.0649. The highest BCUT2D eigenvalue weighted by atomic mass is 16.6. The Hall–Kier alpha value is -1.96. The van der Waals surface area contributed by atoms with E-state index < -0.39 is 48.4 Å². The van der Waals surface area contributed by atoms with Crippen LogP contribution in [0.4, 0.5) is 0 Å². The summed E-state index contributed by atoms with van der Waals surface area (Å²) in [4.78, 5) is 24.4. The summed E-state index contributed by atoms with van der Waals surface area (Å²) >= 11 is 0. The summed E-state index contributed by atoms with van der Waals surface area (Å²) < 4.78 is 16.8. The maximum atomic E-state index is 12.2. The molecule has 7 atom stereocenters. The monoisotopic (exact) mass is 362 g/mol. The number of epoxide rings is 1. The molecule has 0 aromatic rings. The van der Waals surface area contributed by atoms with E-state index in [1.165, 1.54) is 0 Å². The van der Waals surface area contributed by atoms with Gasteiger partial charge < -0.3 is 24.4 Å². The molecule has 0 aromatic heterocycles. The SMILES string of the molecule is C=C(CO)C(=O)O[C@H]1CC(=C)[C@@H]2C[C@H](O)[C@]3(CO3)[C@@H]2[C@@H]2OC(=O)C(=C)[C@@H]21. The fraction of sp³-hybridized carbons (Fsp3) is 0.579. The van der Waals surface area contributed by atoms with Crippen LogP contribution in [0.15, 0.2) is 36.5 Å². The molecule has 2 N–H and O–H groups in total. The van der Waals surface area contributed by atoms with E-state index in [1.54, 1.807) is 0 Å². The molecule has 0 unspecified atom stereocenters. The van der Waals surface area contributed by atoms with E-state index in [-0.39, 0.29) is 23.0 Å². The van der Waals surface area contributed by atoms with Gasteiger partial charge in [0, 0.05) is 17.9 Å². The lowest BCUT2D eigenvalue weighted by molar-refractivity contribution is -0.149. The Morgan fingerprint density at radius 1 is 1.38 bits per heavy atom. The minimum Gasteiger partial charge on any atom is -0.458 e. The summed E-state index contributed by atoms with van der Waals surface area (Å²) in [6, 6.07) is 0. The standard InChI is InChI=1S/C19H22O7/c1-8-4-12(25-17(22)9(2)6-20)14-10(3)18(23)26-16(14)15-11(8)5-13(21)19(15)7-24-19/h11-16,20-21H,1-7H2/t11-,12-,13-,14+,15-,16+,19+/m0/s1. The van der Waals surface area contributed by atoms with Crippen molar-refractivity contribution in [2.24, 2.45) is 17.8 Å². The summed E-state index contributed by atoms with van der Waals surface area (Å²) in [7, 11) is 0. The molecule has 2 aliphatic heterocycles. The summed E-state index contributed by atoms with van der Waals surface area (Å²) in [6.45, 7) is 11.4. The lowest BCUT2D eigenvalue weighted by Crippen LogP contribution is -2.43. The van der Waals surface area contributed by atoms with E-state index in [0.717, 1.165) is 5.57 Å². The van der Waals surface area contributed by atoms with Gasteiger partial charge in [0.15, 0.2) is 0 Å². The molecule has 26 heavy (non-hydrogen) atoms. The second-order valence-corrected chi connectivity index (χ2v) is 7.62. The molecular formula is C19H22O7. The van der Waals surface area contributed by atoms with Crippen molar-refractivity contribution < 1.29 is 34.0 Å². The average molecular weight is 362 g/mol. The molecule has 2 aliphatic carbocycles. The number of esters is 2. The van der Waals surface area contributed by atoms with Gasteiger partial charge in [-0.1, -0.05) is 25.3 Å². The van der Waals surface area contributed by atoms with E-state index in [1.807, 2.05) is 0 Å². The van der Waals surface area contributed by atoms with Crippen LogP contribution >= 0.6 is 0 Å². The van der Waals surface area contributed by atoms with Crippen LogP contribution in [-0.2, 0) is 23.8 Å². The van der Waals surface area contributed by atoms with Gasteiger partial charge in [-0.3, -0.25) is 0 Å². The molecule has 7 nitrogen and oxygen atoms in total. The first kappa shape index (κ1) is 17.5. The summed E-state index contributed by atoms with van der Waals surface area (Å²) in [5, 5.41) is 19.6. The highest BCUT2D eigenvalue weighted by Gasteiger charge is 2.70. The molecule has 4 fully saturated rings. The molecule has 2 saturated heterocycles. The lowest BCUT2D eigenvalue weighted by Gasteiger charge is -2.30. The first-order valence-corrected chi connectivity index (χ1v) is 8.69. The van der Waals surface area contributed by atoms with Gasteiger partial charge in [0.05, 0.1) is 30.8 Å². The first-order valence-electron chi connectivity index (χ1n) is 8.69. The van der Waals surface area contributed by atoms with Crippen LogP contribution in [0, 0.1) is 17.8 Å². The largest absolute Gasteiger partial charge is 0.458 e. The molecule has 0 amide bonds. The summed E-state index contributed by atoms with van der Waals surface area (Å²) in [6.07, 6.45) is -1.14. The molecular weight excluding hydrogens is 340 g/mol. The van der Waals surface area contributed by atoms with Gasteiger partial charge >= 0.3 is 11.9 Å². The Morgan fingerprint density at radius 3 is 2.69 bits per heavy atom. The zero-order valence-corrected chi connectivity index (χ0v) is 14.3. The average Bonchev–Trinajstić information content (AvgIpc) is 3.29. The van der Waals surface area contributed by atoms with E-state index in [0.29, 0.717) is 19.4 Å². The van der Waals surface area contributed by atoms with Crippen LogP contribution in [0.5, 0.6) is 0 Å². The third-order valence-corrected chi connectivity index (χ3v) is 6.26. The van der Waals surface area contributed by atoms with Crippen LogP contribution in [0.1, 0.15) is 12.8 Å². The van der Waals surface area contributed by atoms with Crippen LogP contribution in [0.25, 0.3) is 0 Å². The molecule has 0 radical (unpaired) electrons. The number of hydrogen-bond donors (Lipinski definition) is 2. The fourth-order valence-corrected chi connectivity index (χ4v) is 4.82. The number of carbonyl (C=O) groups is 2. The predicted molar refractivity (Wildman–Crippen MR) is 88.7 cm³/mol. The molecule has 2 saturated carbocycles. The van der Waals surface area contributed by atoms with Crippen molar-refractivity contribution in [1.29, 1.82) is 0 Å². The van der Waals surface area contributed by atoms with Gasteiger partial charge in [-0.05, 0) is 12.3 Å². The topological polar surface area (TPSA) is 106 Å². The van der Waals surface area contributed by atoms with Crippen molar-refractivity contribution in [1.82, 2.24) is 0 Å². The van der Waals surface area contributed by atoms with E-state index >= 15 is 0 Å². The number of ether oxygens (including phenoxy) is 3. The molecule has 4 aliphatic rings. The zero-order chi connectivity index (χ0) is 18.8. The van der Waals surface area contributed by atoms with E-state index in [9.17, 15) is 14.7 Å². The number of aliphatic hydroxyl groups is 2. The number of carbonyl (C=O) groups excluding carboxylic acids is 2. The molecule has 4 rings (SSSR count). The number of fused-ring (bicyclic) bond motifs is 4. The molecule has 7 heteroatoms. The molecule has 0 bridgehead atoms. The summed E-state index contributed by atoms with van der Waals surface area (Å²) in [5.74, 6) is -2.13. The normalized spacial score (nSPS) is 43.5. The molecule has 140 valence electrons. The van der Waals surface area contributed by atoms with Crippen molar-refractivity contribution in [2.45, 2.75) is 36.8 Å². The predicted octanol–water partition coefficient (Wildman–Crippen LogP) is 0.270. The fourth-order valence-electron chi connectivity index (χ4n) is 4.82. The van der Waals surface area contributed by atoms with Crippen molar-refractivity contribution in [2.75, 3.05) is 13.2 Å². The third-order valence-electron chi connectivity index (χ3n) is 6.26. The Morgan fingerprint density at radius 2 is 2.08 bits per heavy atom. The van der Waals surface area contributed by atoms with Gasteiger partial charge in [0.2, 0.25) is 0 Å². The van der Waals surface area contributed by atoms with Gasteiger partial charge in [0.25, 0.3) is 0 Å². The maximum absolute atomic E-state index is 12.2. The van der Waals surface area contributed by atoms with E-state index in [4.69, 9.17) is 19.3 Å². The molecule has 0 aromatic carbocycles. The Bertz CT molecular complexity index is 719. The number of hydrogen-bond acceptors (Lipinski definition) is 7. The second-order valence-electron chi connectivity index (χ2n) is 7.62. The molecule has 1 spiro atoms. The maximum Gasteiger partial charge on any atom is 0.336 e. The van der Waals surface area contributed by atoms with Crippen molar-refractivity contribution in [3.8, 4) is 0 Å². The van der Waals surface area contributed by atoms with Gasteiger partial charge in [-0.2, -0.15) is 0 Å².